The first-order chi connectivity index (χ1) is 7.69. The van der Waals surface area contributed by atoms with Crippen molar-refractivity contribution in [3.05, 3.63) is 10.1 Å². The lowest BCUT2D eigenvalue weighted by Gasteiger charge is -2.32. The van der Waals surface area contributed by atoms with E-state index >= 15 is 0 Å². The summed E-state index contributed by atoms with van der Waals surface area (Å²) in [4.78, 5) is 8.25. The van der Waals surface area contributed by atoms with Gasteiger partial charge in [-0.2, -0.15) is 0 Å². The maximum Gasteiger partial charge on any atom is 0.509 e. The van der Waals surface area contributed by atoms with Gasteiger partial charge in [-0.3, -0.25) is 0 Å². The fourth-order valence-corrected chi connectivity index (χ4v) is 5.73. The first kappa shape index (κ1) is 12.9. The van der Waals surface area contributed by atoms with E-state index in [0.717, 1.165) is 0 Å². The first-order valence-electron chi connectivity index (χ1n) is 4.38. The fraction of sp³-hybridized carbons (Fsp3) is 0.625. The lowest BCUT2D eigenvalue weighted by Crippen LogP contribution is -2.46. The number of fused-ring (bicyclic) bond motifs is 5. The van der Waals surface area contributed by atoms with Gasteiger partial charge in [0, 0.05) is 0 Å². The van der Waals surface area contributed by atoms with Gasteiger partial charge in [0.1, 0.15) is 0 Å². The Morgan fingerprint density at radius 3 is 1.71 bits per heavy atom. The summed E-state index contributed by atoms with van der Waals surface area (Å²) in [6.07, 6.45) is -2.65. The molecule has 3 aliphatic rings. The number of carbonyl (C=O) groups excluding carboxylic acids is 1. The number of halogens is 6. The molecule has 17 heavy (non-hydrogen) atoms. The van der Waals surface area contributed by atoms with Crippen LogP contribution in [-0.2, 0) is 9.47 Å². The third-order valence-electron chi connectivity index (χ3n) is 3.25. The third kappa shape index (κ3) is 1.09. The molecule has 4 unspecified atom stereocenters. The van der Waals surface area contributed by atoms with Crippen LogP contribution in [0.1, 0.15) is 0 Å². The van der Waals surface area contributed by atoms with Gasteiger partial charge in [-0.15, -0.1) is 34.8 Å². The minimum absolute atomic E-state index is 0.0576. The van der Waals surface area contributed by atoms with E-state index in [0.29, 0.717) is 0 Å². The van der Waals surface area contributed by atoms with E-state index in [2.05, 4.69) is 15.9 Å². The molecule has 1 heterocycles. The van der Waals surface area contributed by atoms with Gasteiger partial charge < -0.3 is 9.47 Å². The van der Waals surface area contributed by atoms with Gasteiger partial charge in [-0.1, -0.05) is 39.1 Å². The highest BCUT2D eigenvalue weighted by molar-refractivity contribution is 9.10. The van der Waals surface area contributed by atoms with Gasteiger partial charge in [0.05, 0.1) is 10.1 Å². The van der Waals surface area contributed by atoms with E-state index in [1.54, 1.807) is 0 Å². The molecule has 0 aromatic rings. The minimum Gasteiger partial charge on any atom is -0.424 e. The summed E-state index contributed by atoms with van der Waals surface area (Å²) in [6.45, 7) is 0. The van der Waals surface area contributed by atoms with Crippen LogP contribution in [0.15, 0.2) is 10.1 Å². The van der Waals surface area contributed by atoms with Crippen LogP contribution in [0.4, 0.5) is 4.79 Å². The Labute approximate surface area is 129 Å². The maximum absolute atomic E-state index is 11.2. The van der Waals surface area contributed by atoms with Gasteiger partial charge >= 0.3 is 6.16 Å². The molecule has 2 bridgehead atoms. The molecular weight excluding hydrogens is 401 g/mol. The Hall–Kier alpha value is 0.940. The Kier molecular flexibility index (Phi) is 2.54. The third-order valence-corrected chi connectivity index (χ3v) is 8.39. The predicted octanol–water partition coefficient (Wildman–Crippen LogP) is 3.89. The molecule has 0 N–H and O–H groups in total. The van der Waals surface area contributed by atoms with Gasteiger partial charge in [0.2, 0.25) is 0 Å². The number of carbonyl (C=O) groups is 1. The van der Waals surface area contributed by atoms with Crippen LogP contribution in [0.3, 0.4) is 0 Å². The molecule has 1 saturated heterocycles. The summed E-state index contributed by atoms with van der Waals surface area (Å²) >= 11 is 34.5. The Bertz CT molecular complexity index is 442. The fourth-order valence-electron chi connectivity index (χ4n) is 2.41. The highest BCUT2D eigenvalue weighted by Gasteiger charge is 2.86. The quantitative estimate of drug-likeness (QED) is 0.455. The highest BCUT2D eigenvalue weighted by atomic mass is 79.9. The Morgan fingerprint density at radius 1 is 1.00 bits per heavy atom. The molecule has 1 aliphatic heterocycles. The van der Waals surface area contributed by atoms with Crippen molar-refractivity contribution in [3.8, 4) is 0 Å². The average molecular weight is 403 g/mol. The Morgan fingerprint density at radius 2 is 1.35 bits per heavy atom. The van der Waals surface area contributed by atoms with Crippen molar-refractivity contribution >= 4 is 80.1 Å². The first-order valence-corrected chi connectivity index (χ1v) is 7.06. The lowest BCUT2D eigenvalue weighted by atomic mass is 10.0. The number of ether oxygens (including phenoxy) is 2. The van der Waals surface area contributed by atoms with E-state index in [9.17, 15) is 4.79 Å². The number of hydrogen-bond acceptors (Lipinski definition) is 3. The average Bonchev–Trinajstić information content (AvgIpc) is 2.72. The van der Waals surface area contributed by atoms with Crippen molar-refractivity contribution in [1.82, 2.24) is 0 Å². The van der Waals surface area contributed by atoms with Crippen LogP contribution in [0, 0.1) is 0 Å². The topological polar surface area (TPSA) is 35.5 Å². The molecular formula is C8H2BrCl5O3. The number of rotatable bonds is 0. The molecule has 3 nitrogen and oxygen atoms in total. The van der Waals surface area contributed by atoms with Crippen LogP contribution < -0.4 is 0 Å². The van der Waals surface area contributed by atoms with Crippen LogP contribution in [0.2, 0.25) is 0 Å². The number of hydrogen-bond donors (Lipinski definition) is 0. The summed E-state index contributed by atoms with van der Waals surface area (Å²) in [7, 11) is 0. The smallest absolute Gasteiger partial charge is 0.424 e. The van der Waals surface area contributed by atoms with E-state index in [4.69, 9.17) is 67.5 Å². The second kappa shape index (κ2) is 3.33. The summed E-state index contributed by atoms with van der Waals surface area (Å²) in [5, 5.41) is 0.115. The van der Waals surface area contributed by atoms with Gasteiger partial charge in [0.15, 0.2) is 25.7 Å². The Balaban J connectivity index is 2.28. The van der Waals surface area contributed by atoms with E-state index in [1.807, 2.05) is 0 Å². The molecule has 2 fully saturated rings. The van der Waals surface area contributed by atoms with Crippen molar-refractivity contribution < 1.29 is 14.3 Å². The zero-order chi connectivity index (χ0) is 12.8. The van der Waals surface area contributed by atoms with Crippen molar-refractivity contribution in [1.29, 1.82) is 0 Å². The van der Waals surface area contributed by atoms with Crippen LogP contribution >= 0.6 is 73.9 Å². The van der Waals surface area contributed by atoms with Crippen LogP contribution in [-0.4, -0.2) is 31.9 Å². The van der Waals surface area contributed by atoms with E-state index in [1.165, 1.54) is 0 Å². The summed E-state index contributed by atoms with van der Waals surface area (Å²) in [5.41, 5.74) is 0. The van der Waals surface area contributed by atoms with E-state index < -0.39 is 31.9 Å². The van der Waals surface area contributed by atoms with E-state index in [-0.39, 0.29) is 10.1 Å². The summed E-state index contributed by atoms with van der Waals surface area (Å²) in [6, 6.07) is 0. The molecule has 0 aromatic heterocycles. The standard InChI is InChI=1S/C8H2BrCl5O3/c9-8(14)6(12)1(10)2(11)7(8,13)4-3(6)16-5(15)17-4/h3-4H. The number of alkyl halides is 4. The molecule has 4 atom stereocenters. The lowest BCUT2D eigenvalue weighted by molar-refractivity contribution is 0.105. The van der Waals surface area contributed by atoms with Gasteiger partial charge in [-0.05, 0) is 0 Å². The SMILES string of the molecule is O=C1OC2C(O1)C1(Cl)C(Cl)=C(Cl)C2(Cl)C1(Cl)Br. The molecule has 3 rings (SSSR count). The van der Waals surface area contributed by atoms with Crippen LogP contribution in [0.25, 0.3) is 0 Å². The van der Waals surface area contributed by atoms with Gasteiger partial charge in [-0.25, -0.2) is 4.79 Å². The monoisotopic (exact) mass is 400 g/mol. The normalized spacial score (nSPS) is 56.0. The van der Waals surface area contributed by atoms with Crippen LogP contribution in [0.5, 0.6) is 0 Å². The molecule has 0 amide bonds. The second-order valence-electron chi connectivity index (χ2n) is 3.95. The highest BCUT2D eigenvalue weighted by Crippen LogP contribution is 2.74. The summed E-state index contributed by atoms with van der Waals surface area (Å²) in [5.74, 6) is 0. The maximum atomic E-state index is 11.2. The molecule has 0 radical (unpaired) electrons. The molecule has 1 saturated carbocycles. The summed E-state index contributed by atoms with van der Waals surface area (Å²) < 4.78 is 8.54. The molecule has 0 aromatic carbocycles. The second-order valence-corrected chi connectivity index (χ2v) is 8.11. The minimum atomic E-state index is -1.45. The molecule has 2 aliphatic carbocycles. The molecule has 0 spiro atoms. The zero-order valence-electron chi connectivity index (χ0n) is 7.65. The molecule has 94 valence electrons. The van der Waals surface area contributed by atoms with Crippen molar-refractivity contribution in [3.63, 3.8) is 0 Å². The molecule has 9 heteroatoms. The van der Waals surface area contributed by atoms with Crippen molar-refractivity contribution in [2.24, 2.45) is 0 Å². The predicted molar refractivity (Wildman–Crippen MR) is 68.6 cm³/mol. The van der Waals surface area contributed by atoms with Gasteiger partial charge in [0.25, 0.3) is 0 Å². The van der Waals surface area contributed by atoms with Crippen molar-refractivity contribution in [2.75, 3.05) is 0 Å². The van der Waals surface area contributed by atoms with Crippen molar-refractivity contribution in [2.45, 2.75) is 25.7 Å². The largest absolute Gasteiger partial charge is 0.509 e. The zero-order valence-corrected chi connectivity index (χ0v) is 13.0.